The van der Waals surface area contributed by atoms with Crippen LogP contribution in [0.3, 0.4) is 0 Å². The second-order valence-electron chi connectivity index (χ2n) is 5.40. The number of nitrogens with zero attached hydrogens (tertiary/aromatic N) is 1. The Balaban J connectivity index is 1.61. The van der Waals surface area contributed by atoms with Crippen molar-refractivity contribution in [2.24, 2.45) is 0 Å². The van der Waals surface area contributed by atoms with Crippen LogP contribution in [-0.4, -0.2) is 34.7 Å². The second-order valence-corrected chi connectivity index (χ2v) is 5.40. The van der Waals surface area contributed by atoms with E-state index >= 15 is 0 Å². The number of hydrogen-bond acceptors (Lipinski definition) is 3. The number of aromatic hydroxyl groups is 1. The Hall–Kier alpha value is -1.22. The molecule has 3 heteroatoms. The third-order valence-corrected chi connectivity index (χ3v) is 3.88. The van der Waals surface area contributed by atoms with Crippen molar-refractivity contribution in [3.05, 3.63) is 24.3 Å². The van der Waals surface area contributed by atoms with Crippen molar-refractivity contribution in [2.75, 3.05) is 11.9 Å². The number of likely N-dealkylation sites (tertiary alicyclic amines) is 1. The standard InChI is InChI=1S/C14H20N2O/c1-10-8-12(9-16(10)13-4-5-13)15-11-2-6-14(17)7-3-11/h2-3,6-7,10,12-13,15,17H,4-5,8-9H2,1H3. The highest BCUT2D eigenvalue weighted by molar-refractivity contribution is 5.47. The number of hydrogen-bond donors (Lipinski definition) is 2. The number of nitrogens with one attached hydrogen (secondary N) is 1. The number of anilines is 1. The molecule has 17 heavy (non-hydrogen) atoms. The van der Waals surface area contributed by atoms with Gasteiger partial charge in [-0.05, 0) is 50.5 Å². The quantitative estimate of drug-likeness (QED) is 0.786. The number of phenolic OH excluding ortho intramolecular Hbond substituents is 1. The fraction of sp³-hybridized carbons (Fsp3) is 0.571. The van der Waals surface area contributed by atoms with Crippen molar-refractivity contribution in [3.63, 3.8) is 0 Å². The molecule has 1 saturated heterocycles. The largest absolute Gasteiger partial charge is 0.508 e. The van der Waals surface area contributed by atoms with Crippen LogP contribution in [-0.2, 0) is 0 Å². The summed E-state index contributed by atoms with van der Waals surface area (Å²) in [7, 11) is 0. The highest BCUT2D eigenvalue weighted by Gasteiger charge is 2.38. The molecule has 1 aliphatic heterocycles. The van der Waals surface area contributed by atoms with Crippen molar-refractivity contribution < 1.29 is 5.11 Å². The molecule has 0 aromatic heterocycles. The molecule has 1 aliphatic carbocycles. The van der Waals surface area contributed by atoms with Gasteiger partial charge in [0.1, 0.15) is 5.75 Å². The number of phenols is 1. The van der Waals surface area contributed by atoms with Crippen LogP contribution in [0.5, 0.6) is 5.75 Å². The first-order valence-corrected chi connectivity index (χ1v) is 6.53. The van der Waals surface area contributed by atoms with Crippen LogP contribution in [0, 0.1) is 0 Å². The van der Waals surface area contributed by atoms with Crippen LogP contribution in [0.4, 0.5) is 5.69 Å². The average molecular weight is 232 g/mol. The molecule has 2 aliphatic rings. The molecule has 2 fully saturated rings. The lowest BCUT2D eigenvalue weighted by Crippen LogP contribution is -2.30. The summed E-state index contributed by atoms with van der Waals surface area (Å²) in [6.45, 7) is 3.49. The summed E-state index contributed by atoms with van der Waals surface area (Å²) in [5.74, 6) is 0.329. The fourth-order valence-electron chi connectivity index (χ4n) is 2.87. The van der Waals surface area contributed by atoms with Gasteiger partial charge in [0, 0.05) is 30.4 Å². The lowest BCUT2D eigenvalue weighted by atomic mass is 10.2. The molecule has 0 spiro atoms. The minimum absolute atomic E-state index is 0.329. The maximum Gasteiger partial charge on any atom is 0.115 e. The van der Waals surface area contributed by atoms with E-state index in [0.29, 0.717) is 17.8 Å². The topological polar surface area (TPSA) is 35.5 Å². The van der Waals surface area contributed by atoms with Gasteiger partial charge in [-0.15, -0.1) is 0 Å². The van der Waals surface area contributed by atoms with E-state index in [4.69, 9.17) is 0 Å². The SMILES string of the molecule is CC1CC(Nc2ccc(O)cc2)CN1C1CC1. The second kappa shape index (κ2) is 4.22. The van der Waals surface area contributed by atoms with E-state index in [2.05, 4.69) is 17.1 Å². The molecule has 3 nitrogen and oxygen atoms in total. The van der Waals surface area contributed by atoms with Gasteiger partial charge >= 0.3 is 0 Å². The van der Waals surface area contributed by atoms with Gasteiger partial charge in [0.15, 0.2) is 0 Å². The minimum Gasteiger partial charge on any atom is -0.508 e. The highest BCUT2D eigenvalue weighted by Crippen LogP contribution is 2.34. The van der Waals surface area contributed by atoms with Crippen LogP contribution in [0.15, 0.2) is 24.3 Å². The van der Waals surface area contributed by atoms with Gasteiger partial charge in [0.05, 0.1) is 0 Å². The molecular formula is C14H20N2O. The summed E-state index contributed by atoms with van der Waals surface area (Å²) in [4.78, 5) is 2.64. The van der Waals surface area contributed by atoms with E-state index in [1.165, 1.54) is 19.3 Å². The van der Waals surface area contributed by atoms with E-state index in [-0.39, 0.29) is 0 Å². The molecule has 2 N–H and O–H groups in total. The molecule has 2 atom stereocenters. The van der Waals surface area contributed by atoms with Crippen molar-refractivity contribution >= 4 is 5.69 Å². The van der Waals surface area contributed by atoms with Crippen LogP contribution in [0.25, 0.3) is 0 Å². The van der Waals surface area contributed by atoms with E-state index < -0.39 is 0 Å². The molecule has 92 valence electrons. The summed E-state index contributed by atoms with van der Waals surface area (Å²) in [6.07, 6.45) is 3.99. The van der Waals surface area contributed by atoms with Gasteiger partial charge in [-0.2, -0.15) is 0 Å². The minimum atomic E-state index is 0.329. The van der Waals surface area contributed by atoms with Gasteiger partial charge < -0.3 is 10.4 Å². The number of rotatable bonds is 3. The lowest BCUT2D eigenvalue weighted by molar-refractivity contribution is 0.257. The van der Waals surface area contributed by atoms with Crippen molar-refractivity contribution in [2.45, 2.75) is 44.3 Å². The first-order valence-electron chi connectivity index (χ1n) is 6.53. The molecule has 0 radical (unpaired) electrons. The summed E-state index contributed by atoms with van der Waals surface area (Å²) in [6, 6.07) is 9.47. The van der Waals surface area contributed by atoms with Crippen LogP contribution >= 0.6 is 0 Å². The van der Waals surface area contributed by atoms with Crippen LogP contribution in [0.1, 0.15) is 26.2 Å². The van der Waals surface area contributed by atoms with Gasteiger partial charge in [-0.3, -0.25) is 4.90 Å². The third kappa shape index (κ3) is 2.39. The van der Waals surface area contributed by atoms with E-state index in [1.54, 1.807) is 12.1 Å². The summed E-state index contributed by atoms with van der Waals surface area (Å²) in [5.41, 5.74) is 1.11. The highest BCUT2D eigenvalue weighted by atomic mass is 16.3. The van der Waals surface area contributed by atoms with E-state index in [9.17, 15) is 5.11 Å². The Labute approximate surface area is 102 Å². The zero-order valence-electron chi connectivity index (χ0n) is 10.3. The molecule has 1 saturated carbocycles. The predicted molar refractivity (Wildman–Crippen MR) is 69.3 cm³/mol. The summed E-state index contributed by atoms with van der Waals surface area (Å²) < 4.78 is 0. The monoisotopic (exact) mass is 232 g/mol. The zero-order valence-corrected chi connectivity index (χ0v) is 10.3. The summed E-state index contributed by atoms with van der Waals surface area (Å²) >= 11 is 0. The van der Waals surface area contributed by atoms with Gasteiger partial charge in [-0.1, -0.05) is 0 Å². The lowest BCUT2D eigenvalue weighted by Gasteiger charge is -2.19. The Kier molecular flexibility index (Phi) is 2.71. The normalized spacial score (nSPS) is 29.5. The van der Waals surface area contributed by atoms with Gasteiger partial charge in [-0.25, -0.2) is 0 Å². The molecule has 3 rings (SSSR count). The molecule has 0 bridgehead atoms. The predicted octanol–water partition coefficient (Wildman–Crippen LogP) is 2.43. The molecule has 1 aromatic carbocycles. The van der Waals surface area contributed by atoms with Gasteiger partial charge in [0.2, 0.25) is 0 Å². The average Bonchev–Trinajstić information content (AvgIpc) is 3.08. The van der Waals surface area contributed by atoms with Crippen LogP contribution in [0.2, 0.25) is 0 Å². The fourth-order valence-corrected chi connectivity index (χ4v) is 2.87. The molecule has 0 amide bonds. The Morgan fingerprint density at radius 2 is 1.94 bits per heavy atom. The smallest absolute Gasteiger partial charge is 0.115 e. The van der Waals surface area contributed by atoms with Gasteiger partial charge in [0.25, 0.3) is 0 Å². The van der Waals surface area contributed by atoms with Crippen LogP contribution < -0.4 is 5.32 Å². The first kappa shape index (κ1) is 10.9. The van der Waals surface area contributed by atoms with Crippen molar-refractivity contribution in [1.82, 2.24) is 4.90 Å². The zero-order chi connectivity index (χ0) is 11.8. The molecular weight excluding hydrogens is 212 g/mol. The van der Waals surface area contributed by atoms with E-state index in [1.807, 2.05) is 12.1 Å². The maximum atomic E-state index is 9.25. The Bertz CT molecular complexity index is 386. The molecule has 1 aromatic rings. The first-order chi connectivity index (χ1) is 8.22. The maximum absolute atomic E-state index is 9.25. The van der Waals surface area contributed by atoms with Crippen molar-refractivity contribution in [1.29, 1.82) is 0 Å². The molecule has 1 heterocycles. The third-order valence-electron chi connectivity index (χ3n) is 3.88. The van der Waals surface area contributed by atoms with Crippen molar-refractivity contribution in [3.8, 4) is 5.75 Å². The van der Waals surface area contributed by atoms with E-state index in [0.717, 1.165) is 18.3 Å². The molecule has 2 unspecified atom stereocenters. The Morgan fingerprint density at radius 1 is 1.24 bits per heavy atom. The summed E-state index contributed by atoms with van der Waals surface area (Å²) in [5, 5.41) is 12.8. The number of benzene rings is 1. The Morgan fingerprint density at radius 3 is 2.59 bits per heavy atom.